The predicted octanol–water partition coefficient (Wildman–Crippen LogP) is 1.80. The van der Waals surface area contributed by atoms with E-state index in [1.54, 1.807) is 19.3 Å². The first-order chi connectivity index (χ1) is 9.98. The van der Waals surface area contributed by atoms with Crippen molar-refractivity contribution in [2.75, 3.05) is 0 Å². The average molecular weight is 288 g/mol. The number of hydrogen-bond donors (Lipinski definition) is 1. The number of pyridine rings is 1. The molecule has 112 valence electrons. The lowest BCUT2D eigenvalue weighted by atomic mass is 9.76. The molecule has 2 atom stereocenters. The molecule has 1 fully saturated rings. The van der Waals surface area contributed by atoms with Crippen molar-refractivity contribution in [1.82, 2.24) is 14.7 Å². The highest BCUT2D eigenvalue weighted by Gasteiger charge is 2.37. The van der Waals surface area contributed by atoms with Gasteiger partial charge in [0, 0.05) is 24.9 Å². The van der Waals surface area contributed by atoms with Crippen LogP contribution < -0.4 is 11.3 Å². The number of rotatable bonds is 2. The van der Waals surface area contributed by atoms with Crippen LogP contribution in [0, 0.1) is 5.92 Å². The van der Waals surface area contributed by atoms with Gasteiger partial charge in [-0.2, -0.15) is 4.98 Å². The number of aromatic nitrogens is 3. The van der Waals surface area contributed by atoms with Gasteiger partial charge in [-0.1, -0.05) is 24.9 Å². The first-order valence-electron chi connectivity index (χ1n) is 7.28. The maximum atomic E-state index is 11.7. The summed E-state index contributed by atoms with van der Waals surface area (Å²) in [5.74, 6) is 1.46. The zero-order chi connectivity index (χ0) is 15.0. The summed E-state index contributed by atoms with van der Waals surface area (Å²) in [6.45, 7) is 2.20. The molecular weight excluding hydrogens is 268 g/mol. The summed E-state index contributed by atoms with van der Waals surface area (Å²) in [5, 5.41) is 4.05. The quantitative estimate of drug-likeness (QED) is 0.910. The Hall–Kier alpha value is -1.95. The van der Waals surface area contributed by atoms with Crippen LogP contribution in [0.4, 0.5) is 0 Å². The molecule has 1 aliphatic rings. The van der Waals surface area contributed by atoms with E-state index < -0.39 is 5.54 Å². The number of aryl methyl sites for hydroxylation is 1. The smallest absolute Gasteiger partial charge is 0.258 e. The molecule has 6 nitrogen and oxygen atoms in total. The summed E-state index contributed by atoms with van der Waals surface area (Å²) in [6, 6.07) is 3.27. The van der Waals surface area contributed by atoms with E-state index >= 15 is 0 Å². The molecular formula is C15H20N4O2. The Kier molecular flexibility index (Phi) is 3.41. The minimum atomic E-state index is -0.515. The first kappa shape index (κ1) is 14.0. The van der Waals surface area contributed by atoms with Gasteiger partial charge >= 0.3 is 0 Å². The normalized spacial score (nSPS) is 26.0. The van der Waals surface area contributed by atoms with Crippen molar-refractivity contribution in [3.05, 3.63) is 34.5 Å². The Morgan fingerprint density at radius 3 is 3.05 bits per heavy atom. The second kappa shape index (κ2) is 5.11. The number of nitrogens with two attached hydrogens (primary N) is 1. The van der Waals surface area contributed by atoms with E-state index in [2.05, 4.69) is 17.1 Å². The molecule has 21 heavy (non-hydrogen) atoms. The van der Waals surface area contributed by atoms with Crippen molar-refractivity contribution in [3.8, 4) is 11.5 Å². The molecule has 1 saturated carbocycles. The molecule has 2 N–H and O–H groups in total. The molecule has 0 spiro atoms. The van der Waals surface area contributed by atoms with Gasteiger partial charge in [-0.05, 0) is 24.8 Å². The fourth-order valence-electron chi connectivity index (χ4n) is 3.02. The fraction of sp³-hybridized carbons (Fsp3) is 0.533. The van der Waals surface area contributed by atoms with Crippen molar-refractivity contribution in [2.24, 2.45) is 18.7 Å². The summed E-state index contributed by atoms with van der Waals surface area (Å²) in [6.07, 6.45) is 5.68. The second-order valence-electron chi connectivity index (χ2n) is 6.15. The Labute approximate surface area is 123 Å². The molecule has 2 aromatic rings. The third-order valence-corrected chi connectivity index (χ3v) is 4.26. The van der Waals surface area contributed by atoms with Crippen LogP contribution >= 0.6 is 0 Å². The van der Waals surface area contributed by atoms with Gasteiger partial charge in [0.05, 0.1) is 5.54 Å². The molecule has 2 unspecified atom stereocenters. The highest BCUT2D eigenvalue weighted by Crippen LogP contribution is 2.36. The summed E-state index contributed by atoms with van der Waals surface area (Å²) in [4.78, 5) is 16.1. The van der Waals surface area contributed by atoms with Crippen molar-refractivity contribution < 1.29 is 4.52 Å². The van der Waals surface area contributed by atoms with E-state index in [1.807, 2.05) is 0 Å². The van der Waals surface area contributed by atoms with E-state index in [9.17, 15) is 4.79 Å². The van der Waals surface area contributed by atoms with Crippen LogP contribution in [-0.4, -0.2) is 14.7 Å². The van der Waals surface area contributed by atoms with Crippen molar-refractivity contribution in [1.29, 1.82) is 0 Å². The Morgan fingerprint density at radius 2 is 2.33 bits per heavy atom. The van der Waals surface area contributed by atoms with E-state index in [0.29, 0.717) is 23.2 Å². The zero-order valence-electron chi connectivity index (χ0n) is 12.4. The second-order valence-corrected chi connectivity index (χ2v) is 6.15. The van der Waals surface area contributed by atoms with Gasteiger partial charge in [-0.25, -0.2) is 0 Å². The SMILES string of the molecule is CC1CCCC(N)(c2noc(-c3ccn(C)c(=O)c3)n2)C1. The van der Waals surface area contributed by atoms with Crippen LogP contribution in [0.3, 0.4) is 0 Å². The largest absolute Gasteiger partial charge is 0.334 e. The van der Waals surface area contributed by atoms with Crippen LogP contribution in [0.5, 0.6) is 0 Å². The molecule has 0 radical (unpaired) electrons. The summed E-state index contributed by atoms with van der Waals surface area (Å²) < 4.78 is 6.80. The molecule has 2 heterocycles. The van der Waals surface area contributed by atoms with Crippen molar-refractivity contribution in [3.63, 3.8) is 0 Å². The molecule has 0 bridgehead atoms. The molecule has 0 saturated heterocycles. The van der Waals surface area contributed by atoms with Crippen LogP contribution in [0.25, 0.3) is 11.5 Å². The predicted molar refractivity (Wildman–Crippen MR) is 78.5 cm³/mol. The van der Waals surface area contributed by atoms with Gasteiger partial charge in [-0.3, -0.25) is 4.79 Å². The Balaban J connectivity index is 1.92. The molecule has 0 aliphatic heterocycles. The molecule has 0 amide bonds. The van der Waals surface area contributed by atoms with Gasteiger partial charge in [0.2, 0.25) is 0 Å². The van der Waals surface area contributed by atoms with Gasteiger partial charge in [-0.15, -0.1) is 0 Å². The lowest BCUT2D eigenvalue weighted by Crippen LogP contribution is -2.42. The number of nitrogens with zero attached hydrogens (tertiary/aromatic N) is 3. The molecule has 2 aromatic heterocycles. The number of hydrogen-bond acceptors (Lipinski definition) is 5. The van der Waals surface area contributed by atoms with E-state index in [0.717, 1.165) is 19.3 Å². The van der Waals surface area contributed by atoms with Crippen LogP contribution in [-0.2, 0) is 12.6 Å². The van der Waals surface area contributed by atoms with E-state index in [1.165, 1.54) is 17.1 Å². The van der Waals surface area contributed by atoms with Crippen molar-refractivity contribution >= 4 is 0 Å². The Morgan fingerprint density at radius 1 is 1.52 bits per heavy atom. The zero-order valence-corrected chi connectivity index (χ0v) is 12.4. The van der Waals surface area contributed by atoms with Gasteiger partial charge in [0.1, 0.15) is 0 Å². The monoisotopic (exact) mass is 288 g/mol. The maximum Gasteiger partial charge on any atom is 0.258 e. The first-order valence-corrected chi connectivity index (χ1v) is 7.28. The van der Waals surface area contributed by atoms with Crippen LogP contribution in [0.1, 0.15) is 38.4 Å². The lowest BCUT2D eigenvalue weighted by molar-refractivity contribution is 0.222. The molecule has 0 aromatic carbocycles. The molecule has 6 heteroatoms. The third-order valence-electron chi connectivity index (χ3n) is 4.26. The third kappa shape index (κ3) is 2.63. The standard InChI is InChI=1S/C15H20N4O2/c1-10-4-3-6-15(16,9-10)14-17-13(21-18-14)11-5-7-19(2)12(20)8-11/h5,7-8,10H,3-4,6,9,16H2,1-2H3. The fourth-order valence-corrected chi connectivity index (χ4v) is 3.02. The summed E-state index contributed by atoms with van der Waals surface area (Å²) >= 11 is 0. The van der Waals surface area contributed by atoms with Crippen molar-refractivity contribution in [2.45, 2.75) is 38.1 Å². The van der Waals surface area contributed by atoms with Gasteiger partial charge in [0.25, 0.3) is 11.4 Å². The summed E-state index contributed by atoms with van der Waals surface area (Å²) in [5.41, 5.74) is 6.47. The minimum Gasteiger partial charge on any atom is -0.334 e. The molecule has 3 rings (SSSR count). The highest BCUT2D eigenvalue weighted by atomic mass is 16.5. The van der Waals surface area contributed by atoms with Crippen LogP contribution in [0.15, 0.2) is 27.6 Å². The van der Waals surface area contributed by atoms with E-state index in [-0.39, 0.29) is 5.56 Å². The minimum absolute atomic E-state index is 0.110. The van der Waals surface area contributed by atoms with Crippen LogP contribution in [0.2, 0.25) is 0 Å². The van der Waals surface area contributed by atoms with E-state index in [4.69, 9.17) is 10.3 Å². The lowest BCUT2D eigenvalue weighted by Gasteiger charge is -2.33. The Bertz CT molecular complexity index is 706. The molecule has 1 aliphatic carbocycles. The summed E-state index contributed by atoms with van der Waals surface area (Å²) in [7, 11) is 1.70. The topological polar surface area (TPSA) is 86.9 Å². The highest BCUT2D eigenvalue weighted by molar-refractivity contribution is 5.51. The maximum absolute atomic E-state index is 11.7. The van der Waals surface area contributed by atoms with Gasteiger partial charge < -0.3 is 14.8 Å². The van der Waals surface area contributed by atoms with Gasteiger partial charge in [0.15, 0.2) is 5.82 Å². The average Bonchev–Trinajstić information content (AvgIpc) is 2.92.